The maximum absolute atomic E-state index is 13.3. The molecule has 3 aliphatic rings. The zero-order chi connectivity index (χ0) is 18.4. The fourth-order valence-electron chi connectivity index (χ4n) is 5.09. The van der Waals surface area contributed by atoms with E-state index in [0.717, 1.165) is 43.6 Å². The van der Waals surface area contributed by atoms with Crippen LogP contribution < -0.4 is 5.73 Å². The van der Waals surface area contributed by atoms with Crippen LogP contribution in [0.15, 0.2) is 6.33 Å². The van der Waals surface area contributed by atoms with Crippen LogP contribution in [0.4, 0.5) is 5.13 Å². The second kappa shape index (κ2) is 6.93. The number of carbonyl (C=O) groups excluding carboxylic acids is 1. The molecule has 7 heteroatoms. The fourth-order valence-corrected chi connectivity index (χ4v) is 6.03. The third kappa shape index (κ3) is 3.06. The number of hydrogen-bond acceptors (Lipinski definition) is 5. The largest absolute Gasteiger partial charge is 0.375 e. The highest BCUT2D eigenvalue weighted by Crippen LogP contribution is 2.38. The monoisotopic (exact) mass is 385 g/mol. The molecule has 0 saturated heterocycles. The summed E-state index contributed by atoms with van der Waals surface area (Å²) in [6.45, 7) is 1.43. The van der Waals surface area contributed by atoms with Crippen molar-refractivity contribution in [3.05, 3.63) is 28.3 Å². The summed E-state index contributed by atoms with van der Waals surface area (Å²) in [5.41, 5.74) is 9.29. The lowest BCUT2D eigenvalue weighted by atomic mass is 9.89. The summed E-state index contributed by atoms with van der Waals surface area (Å²) < 4.78 is 2.41. The van der Waals surface area contributed by atoms with Crippen LogP contribution in [0.1, 0.15) is 78.9 Å². The number of fused-ring (bicyclic) bond motifs is 2. The summed E-state index contributed by atoms with van der Waals surface area (Å²) in [6, 6.07) is 0.608. The van der Waals surface area contributed by atoms with Crippen LogP contribution in [0, 0.1) is 0 Å². The first kappa shape index (κ1) is 17.2. The normalized spacial score (nSPS) is 23.1. The summed E-state index contributed by atoms with van der Waals surface area (Å²) in [5.74, 6) is 0.0865. The number of aryl methyl sites for hydroxylation is 1. The SMILES string of the molecule is Nc1nc2c(s1)CCCC2C(=O)N1CCc2c(ncn2C2CCCCC2)C1. The van der Waals surface area contributed by atoms with Gasteiger partial charge < -0.3 is 15.2 Å². The Morgan fingerprint density at radius 1 is 1.15 bits per heavy atom. The molecule has 6 nitrogen and oxygen atoms in total. The van der Waals surface area contributed by atoms with Gasteiger partial charge in [0.15, 0.2) is 5.13 Å². The number of imidazole rings is 1. The van der Waals surface area contributed by atoms with Gasteiger partial charge in [0, 0.05) is 29.6 Å². The number of nitrogens with zero attached hydrogens (tertiary/aromatic N) is 4. The number of nitrogen functional groups attached to an aromatic ring is 1. The first-order valence-corrected chi connectivity index (χ1v) is 11.1. The minimum absolute atomic E-state index is 0.121. The van der Waals surface area contributed by atoms with Crippen molar-refractivity contribution in [2.24, 2.45) is 0 Å². The van der Waals surface area contributed by atoms with E-state index in [4.69, 9.17) is 10.7 Å². The van der Waals surface area contributed by atoms with Crippen LogP contribution in [0.3, 0.4) is 0 Å². The molecule has 144 valence electrons. The van der Waals surface area contributed by atoms with E-state index in [0.29, 0.717) is 17.7 Å². The molecule has 2 aromatic rings. The van der Waals surface area contributed by atoms with Gasteiger partial charge >= 0.3 is 0 Å². The highest BCUT2D eigenvalue weighted by Gasteiger charge is 2.35. The molecule has 1 fully saturated rings. The molecule has 2 aromatic heterocycles. The molecule has 0 aromatic carbocycles. The van der Waals surface area contributed by atoms with Gasteiger partial charge in [-0.05, 0) is 32.1 Å². The molecule has 0 bridgehead atoms. The van der Waals surface area contributed by atoms with Crippen LogP contribution in [0.5, 0.6) is 0 Å². The van der Waals surface area contributed by atoms with Crippen molar-refractivity contribution in [2.45, 2.75) is 76.3 Å². The zero-order valence-electron chi connectivity index (χ0n) is 15.7. The Balaban J connectivity index is 1.34. The first-order valence-electron chi connectivity index (χ1n) is 10.3. The predicted octanol–water partition coefficient (Wildman–Crippen LogP) is 3.43. The van der Waals surface area contributed by atoms with Gasteiger partial charge in [0.2, 0.25) is 5.91 Å². The van der Waals surface area contributed by atoms with Crippen LogP contribution in [0.2, 0.25) is 0 Å². The smallest absolute Gasteiger partial charge is 0.232 e. The van der Waals surface area contributed by atoms with Gasteiger partial charge in [-0.3, -0.25) is 4.79 Å². The van der Waals surface area contributed by atoms with Gasteiger partial charge in [0.05, 0.1) is 30.2 Å². The van der Waals surface area contributed by atoms with Crippen LogP contribution >= 0.6 is 11.3 Å². The van der Waals surface area contributed by atoms with Gasteiger partial charge in [0.1, 0.15) is 0 Å². The standard InChI is InChI=1S/C20H27N5OS/c21-20-23-18-14(7-4-8-17(18)27-20)19(26)24-10-9-16-15(11-24)22-12-25(16)13-5-2-1-3-6-13/h12-14H,1-11H2,(H2,21,23). The van der Waals surface area contributed by atoms with Crippen molar-refractivity contribution in [2.75, 3.05) is 12.3 Å². The lowest BCUT2D eigenvalue weighted by Crippen LogP contribution is -2.40. The number of carbonyl (C=O) groups is 1. The molecule has 1 saturated carbocycles. The minimum Gasteiger partial charge on any atom is -0.375 e. The average Bonchev–Trinajstić information content (AvgIpc) is 3.29. The molecule has 27 heavy (non-hydrogen) atoms. The van der Waals surface area contributed by atoms with E-state index in [-0.39, 0.29) is 11.8 Å². The fraction of sp³-hybridized carbons (Fsp3) is 0.650. The van der Waals surface area contributed by atoms with Crippen molar-refractivity contribution in [1.29, 1.82) is 0 Å². The molecule has 1 amide bonds. The molecule has 2 aliphatic carbocycles. The Bertz CT molecular complexity index is 851. The summed E-state index contributed by atoms with van der Waals surface area (Å²) in [4.78, 5) is 25.6. The summed E-state index contributed by atoms with van der Waals surface area (Å²) in [6.07, 6.45) is 12.4. The van der Waals surface area contributed by atoms with Gasteiger partial charge in [-0.1, -0.05) is 19.3 Å². The number of thiazole rings is 1. The zero-order valence-corrected chi connectivity index (χ0v) is 16.5. The Kier molecular flexibility index (Phi) is 4.42. The van der Waals surface area contributed by atoms with Gasteiger partial charge in [-0.15, -0.1) is 11.3 Å². The summed E-state index contributed by atoms with van der Waals surface area (Å²) in [7, 11) is 0. The van der Waals surface area contributed by atoms with Gasteiger partial charge in [0.25, 0.3) is 0 Å². The van der Waals surface area contributed by atoms with E-state index < -0.39 is 0 Å². The number of amides is 1. The summed E-state index contributed by atoms with van der Waals surface area (Å²) in [5, 5.41) is 0.590. The van der Waals surface area contributed by atoms with E-state index in [9.17, 15) is 4.79 Å². The van der Waals surface area contributed by atoms with E-state index in [1.807, 2.05) is 11.2 Å². The van der Waals surface area contributed by atoms with E-state index in [1.54, 1.807) is 11.3 Å². The second-order valence-electron chi connectivity index (χ2n) is 8.15. The predicted molar refractivity (Wildman–Crippen MR) is 106 cm³/mol. The van der Waals surface area contributed by atoms with Gasteiger partial charge in [-0.2, -0.15) is 0 Å². The topological polar surface area (TPSA) is 77.0 Å². The lowest BCUT2D eigenvalue weighted by molar-refractivity contribution is -0.134. The van der Waals surface area contributed by atoms with Crippen molar-refractivity contribution in [3.8, 4) is 0 Å². The molecular weight excluding hydrogens is 358 g/mol. The van der Waals surface area contributed by atoms with E-state index >= 15 is 0 Å². The van der Waals surface area contributed by atoms with E-state index in [1.165, 1.54) is 42.7 Å². The van der Waals surface area contributed by atoms with Crippen molar-refractivity contribution in [1.82, 2.24) is 19.4 Å². The van der Waals surface area contributed by atoms with Crippen molar-refractivity contribution in [3.63, 3.8) is 0 Å². The highest BCUT2D eigenvalue weighted by molar-refractivity contribution is 7.15. The molecule has 0 spiro atoms. The molecular formula is C20H27N5OS. The molecule has 0 radical (unpaired) electrons. The highest BCUT2D eigenvalue weighted by atomic mass is 32.1. The van der Waals surface area contributed by atoms with Crippen LogP contribution in [0.25, 0.3) is 0 Å². The third-order valence-electron chi connectivity index (χ3n) is 6.49. The van der Waals surface area contributed by atoms with Crippen molar-refractivity contribution < 1.29 is 4.79 Å². The number of anilines is 1. The minimum atomic E-state index is -0.121. The number of hydrogen-bond donors (Lipinski definition) is 1. The quantitative estimate of drug-likeness (QED) is 0.859. The van der Waals surface area contributed by atoms with Crippen molar-refractivity contribution >= 4 is 22.4 Å². The first-order chi connectivity index (χ1) is 13.2. The Morgan fingerprint density at radius 3 is 2.85 bits per heavy atom. The Hall–Kier alpha value is -1.89. The number of aromatic nitrogens is 3. The second-order valence-corrected chi connectivity index (χ2v) is 9.27. The average molecular weight is 386 g/mol. The number of nitrogens with two attached hydrogens (primary N) is 1. The Morgan fingerprint density at radius 2 is 2.00 bits per heavy atom. The van der Waals surface area contributed by atoms with Crippen LogP contribution in [-0.2, 0) is 24.2 Å². The number of rotatable bonds is 2. The maximum Gasteiger partial charge on any atom is 0.232 e. The maximum atomic E-state index is 13.3. The van der Waals surface area contributed by atoms with Gasteiger partial charge in [-0.25, -0.2) is 9.97 Å². The molecule has 1 aliphatic heterocycles. The van der Waals surface area contributed by atoms with Crippen LogP contribution in [-0.4, -0.2) is 31.9 Å². The summed E-state index contributed by atoms with van der Waals surface area (Å²) >= 11 is 1.55. The molecule has 1 atom stereocenters. The Labute approximate surface area is 163 Å². The van der Waals surface area contributed by atoms with E-state index in [2.05, 4.69) is 9.55 Å². The lowest BCUT2D eigenvalue weighted by Gasteiger charge is -2.32. The molecule has 3 heterocycles. The molecule has 1 unspecified atom stereocenters. The third-order valence-corrected chi connectivity index (χ3v) is 7.45. The molecule has 5 rings (SSSR count). The molecule has 2 N–H and O–H groups in total.